The largest absolute Gasteiger partial charge is 0.573 e. The van der Waals surface area contributed by atoms with Crippen LogP contribution in [0.4, 0.5) is 13.2 Å². The second-order valence-electron chi connectivity index (χ2n) is 3.96. The van der Waals surface area contributed by atoms with Gasteiger partial charge in [-0.05, 0) is 36.6 Å². The van der Waals surface area contributed by atoms with E-state index in [-0.39, 0.29) is 11.8 Å². The Morgan fingerprint density at radius 1 is 1.31 bits per heavy atom. The molecule has 0 saturated heterocycles. The van der Waals surface area contributed by atoms with Crippen LogP contribution in [0.2, 0.25) is 0 Å². The highest BCUT2D eigenvalue weighted by atomic mass is 19.4. The fraction of sp³-hybridized carbons (Fsp3) is 0.455. The molecule has 1 aliphatic rings. The molecule has 0 aliphatic carbocycles. The van der Waals surface area contributed by atoms with Crippen LogP contribution in [0.25, 0.3) is 0 Å². The number of rotatable bonds is 1. The summed E-state index contributed by atoms with van der Waals surface area (Å²) in [4.78, 5) is 0. The summed E-state index contributed by atoms with van der Waals surface area (Å²) in [6.45, 7) is 2.70. The first-order valence-electron chi connectivity index (χ1n) is 5.05. The number of hydrogen-bond acceptors (Lipinski definition) is 2. The smallest absolute Gasteiger partial charge is 0.406 e. The van der Waals surface area contributed by atoms with Crippen LogP contribution < -0.4 is 10.1 Å². The maximum atomic E-state index is 12.0. The second kappa shape index (κ2) is 3.97. The summed E-state index contributed by atoms with van der Waals surface area (Å²) in [5, 5.41) is 3.24. The zero-order valence-corrected chi connectivity index (χ0v) is 8.77. The quantitative estimate of drug-likeness (QED) is 0.802. The number of fused-ring (bicyclic) bond motifs is 1. The molecule has 2 nitrogen and oxygen atoms in total. The predicted molar refractivity (Wildman–Crippen MR) is 53.1 cm³/mol. The highest BCUT2D eigenvalue weighted by molar-refractivity contribution is 5.37. The third-order valence-corrected chi connectivity index (χ3v) is 2.58. The average Bonchev–Trinajstić information content (AvgIpc) is 2.14. The Morgan fingerprint density at radius 3 is 2.75 bits per heavy atom. The Labute approximate surface area is 91.4 Å². The molecule has 88 valence electrons. The Bertz CT molecular complexity index is 389. The molecular weight excluding hydrogens is 219 g/mol. The van der Waals surface area contributed by atoms with Crippen LogP contribution in [-0.2, 0) is 13.0 Å². The van der Waals surface area contributed by atoms with Crippen molar-refractivity contribution in [3.8, 4) is 5.75 Å². The minimum Gasteiger partial charge on any atom is -0.406 e. The van der Waals surface area contributed by atoms with Crippen molar-refractivity contribution in [3.63, 3.8) is 0 Å². The SMILES string of the molecule is CC1Cc2cc(OC(F)(F)F)ccc2CN1. The molecule has 0 aromatic heterocycles. The first-order chi connectivity index (χ1) is 7.44. The molecule has 5 heteroatoms. The fourth-order valence-electron chi connectivity index (χ4n) is 1.85. The van der Waals surface area contributed by atoms with Gasteiger partial charge in [-0.2, -0.15) is 0 Å². The molecule has 1 aromatic carbocycles. The van der Waals surface area contributed by atoms with E-state index in [1.54, 1.807) is 6.07 Å². The number of alkyl halides is 3. The summed E-state index contributed by atoms with van der Waals surface area (Å²) < 4.78 is 39.9. The van der Waals surface area contributed by atoms with Gasteiger partial charge in [0.2, 0.25) is 0 Å². The van der Waals surface area contributed by atoms with Crippen LogP contribution in [0.3, 0.4) is 0 Å². The molecule has 1 N–H and O–H groups in total. The molecule has 16 heavy (non-hydrogen) atoms. The van der Waals surface area contributed by atoms with Crippen molar-refractivity contribution in [1.29, 1.82) is 0 Å². The highest BCUT2D eigenvalue weighted by Gasteiger charge is 2.31. The van der Waals surface area contributed by atoms with Crippen molar-refractivity contribution in [2.75, 3.05) is 0 Å². The van der Waals surface area contributed by atoms with Crippen LogP contribution in [0, 0.1) is 0 Å². The van der Waals surface area contributed by atoms with Gasteiger partial charge in [0.05, 0.1) is 0 Å². The van der Waals surface area contributed by atoms with Crippen LogP contribution in [-0.4, -0.2) is 12.4 Å². The highest BCUT2D eigenvalue weighted by Crippen LogP contribution is 2.27. The fourth-order valence-corrected chi connectivity index (χ4v) is 1.85. The molecule has 1 unspecified atom stereocenters. The first-order valence-corrected chi connectivity index (χ1v) is 5.05. The lowest BCUT2D eigenvalue weighted by Gasteiger charge is -2.23. The van der Waals surface area contributed by atoms with E-state index in [0.29, 0.717) is 6.54 Å². The zero-order chi connectivity index (χ0) is 11.8. The lowest BCUT2D eigenvalue weighted by atomic mass is 9.96. The molecule has 0 fully saturated rings. The van der Waals surface area contributed by atoms with Gasteiger partial charge < -0.3 is 10.1 Å². The molecule has 0 radical (unpaired) electrons. The van der Waals surface area contributed by atoms with Gasteiger partial charge in [-0.1, -0.05) is 6.07 Å². The molecule has 0 bridgehead atoms. The van der Waals surface area contributed by atoms with Crippen molar-refractivity contribution in [1.82, 2.24) is 5.32 Å². The number of hydrogen-bond donors (Lipinski definition) is 1. The van der Waals surface area contributed by atoms with Gasteiger partial charge >= 0.3 is 6.36 Å². The third kappa shape index (κ3) is 2.66. The number of nitrogens with one attached hydrogen (secondary N) is 1. The maximum Gasteiger partial charge on any atom is 0.573 e. The normalized spacial score (nSPS) is 20.4. The summed E-state index contributed by atoms with van der Waals surface area (Å²) in [5.41, 5.74) is 1.96. The van der Waals surface area contributed by atoms with E-state index < -0.39 is 6.36 Å². The van der Waals surface area contributed by atoms with Crippen molar-refractivity contribution in [2.45, 2.75) is 32.3 Å². The average molecular weight is 231 g/mol. The molecule has 0 spiro atoms. The van der Waals surface area contributed by atoms with E-state index in [1.807, 2.05) is 6.92 Å². The molecule has 1 atom stereocenters. The lowest BCUT2D eigenvalue weighted by molar-refractivity contribution is -0.274. The third-order valence-electron chi connectivity index (χ3n) is 2.58. The molecule has 1 heterocycles. The van der Waals surface area contributed by atoms with E-state index in [1.165, 1.54) is 12.1 Å². The van der Waals surface area contributed by atoms with Crippen LogP contribution in [0.5, 0.6) is 5.75 Å². The van der Waals surface area contributed by atoms with Crippen molar-refractivity contribution in [2.24, 2.45) is 0 Å². The molecule has 1 aliphatic heterocycles. The molecule has 0 amide bonds. The standard InChI is InChI=1S/C11H12F3NO/c1-7-4-9-5-10(16-11(12,13)14)3-2-8(9)6-15-7/h2-3,5,7,15H,4,6H2,1H3. The van der Waals surface area contributed by atoms with Gasteiger partial charge in [-0.25, -0.2) is 0 Å². The molecular formula is C11H12F3NO. The summed E-state index contributed by atoms with van der Waals surface area (Å²) in [6, 6.07) is 4.79. The second-order valence-corrected chi connectivity index (χ2v) is 3.96. The zero-order valence-electron chi connectivity index (χ0n) is 8.77. The summed E-state index contributed by atoms with van der Waals surface area (Å²) in [7, 11) is 0. The van der Waals surface area contributed by atoms with Gasteiger partial charge in [0, 0.05) is 12.6 Å². The topological polar surface area (TPSA) is 21.3 Å². The minimum atomic E-state index is -4.62. The summed E-state index contributed by atoms with van der Waals surface area (Å²) in [6.07, 6.45) is -3.89. The van der Waals surface area contributed by atoms with E-state index >= 15 is 0 Å². The van der Waals surface area contributed by atoms with Gasteiger partial charge in [0.25, 0.3) is 0 Å². The molecule has 1 aromatic rings. The minimum absolute atomic E-state index is 0.139. The van der Waals surface area contributed by atoms with Gasteiger partial charge in [0.15, 0.2) is 0 Å². The van der Waals surface area contributed by atoms with Gasteiger partial charge in [-0.15, -0.1) is 13.2 Å². The maximum absolute atomic E-state index is 12.0. The number of halogens is 3. The summed E-state index contributed by atoms with van der Waals surface area (Å²) >= 11 is 0. The number of benzene rings is 1. The Morgan fingerprint density at radius 2 is 2.06 bits per heavy atom. The van der Waals surface area contributed by atoms with Crippen LogP contribution in [0.15, 0.2) is 18.2 Å². The molecule has 0 saturated carbocycles. The van der Waals surface area contributed by atoms with Gasteiger partial charge in [-0.3, -0.25) is 0 Å². The summed E-state index contributed by atoms with van der Waals surface area (Å²) in [5.74, 6) is -0.139. The monoisotopic (exact) mass is 231 g/mol. The van der Waals surface area contributed by atoms with E-state index in [9.17, 15) is 13.2 Å². The predicted octanol–water partition coefficient (Wildman–Crippen LogP) is 2.62. The Kier molecular flexibility index (Phi) is 2.80. The Balaban J connectivity index is 2.21. The first kappa shape index (κ1) is 11.3. The Hall–Kier alpha value is -1.23. The van der Waals surface area contributed by atoms with Gasteiger partial charge in [0.1, 0.15) is 5.75 Å². The molecule has 2 rings (SSSR count). The van der Waals surface area contributed by atoms with E-state index in [0.717, 1.165) is 17.5 Å². The van der Waals surface area contributed by atoms with Crippen LogP contribution >= 0.6 is 0 Å². The van der Waals surface area contributed by atoms with E-state index in [4.69, 9.17) is 0 Å². The van der Waals surface area contributed by atoms with Crippen LogP contribution in [0.1, 0.15) is 18.1 Å². The lowest BCUT2D eigenvalue weighted by Crippen LogP contribution is -2.32. The number of ether oxygens (including phenoxy) is 1. The van der Waals surface area contributed by atoms with Crippen molar-refractivity contribution < 1.29 is 17.9 Å². The van der Waals surface area contributed by atoms with Crippen molar-refractivity contribution >= 4 is 0 Å². The van der Waals surface area contributed by atoms with Crippen molar-refractivity contribution in [3.05, 3.63) is 29.3 Å². The van der Waals surface area contributed by atoms with E-state index in [2.05, 4.69) is 10.1 Å².